The molecule has 0 bridgehead atoms. The third-order valence-corrected chi connectivity index (χ3v) is 4.10. The first-order valence-electron chi connectivity index (χ1n) is 8.49. The van der Waals surface area contributed by atoms with Gasteiger partial charge in [0.1, 0.15) is 5.54 Å². The van der Waals surface area contributed by atoms with E-state index in [1.807, 2.05) is 24.3 Å². The highest BCUT2D eigenvalue weighted by molar-refractivity contribution is 5.93. The maximum atomic E-state index is 12.0. The first-order chi connectivity index (χ1) is 11.4. The highest BCUT2D eigenvalue weighted by Crippen LogP contribution is 2.21. The minimum absolute atomic E-state index is 0.0414. The molecular weight excluding hydrogens is 306 g/mol. The second-order valence-corrected chi connectivity index (χ2v) is 6.49. The Hall–Kier alpha value is -2.08. The van der Waals surface area contributed by atoms with Gasteiger partial charge < -0.3 is 15.0 Å². The van der Waals surface area contributed by atoms with Crippen LogP contribution in [0.1, 0.15) is 33.6 Å². The molecule has 0 saturated carbocycles. The topological polar surface area (TPSA) is 70.7 Å². The Morgan fingerprint density at radius 1 is 1.17 bits per heavy atom. The van der Waals surface area contributed by atoms with Crippen molar-refractivity contribution in [2.75, 3.05) is 36.5 Å². The van der Waals surface area contributed by atoms with E-state index in [0.717, 1.165) is 18.8 Å². The molecule has 132 valence electrons. The SMILES string of the molecule is CCOC(=O)C(C)(C)NCC(=O)Nc1ccc(N2CCCC2)cc1. The number of esters is 1. The molecule has 1 heterocycles. The van der Waals surface area contributed by atoms with Crippen LogP contribution in [0.2, 0.25) is 0 Å². The highest BCUT2D eigenvalue weighted by atomic mass is 16.5. The molecule has 6 nitrogen and oxygen atoms in total. The van der Waals surface area contributed by atoms with E-state index in [2.05, 4.69) is 15.5 Å². The summed E-state index contributed by atoms with van der Waals surface area (Å²) in [5.74, 6) is -0.561. The Kier molecular flexibility index (Phi) is 6.20. The molecule has 0 aliphatic carbocycles. The summed E-state index contributed by atoms with van der Waals surface area (Å²) in [6, 6.07) is 7.86. The van der Waals surface area contributed by atoms with Gasteiger partial charge in [0.25, 0.3) is 0 Å². The van der Waals surface area contributed by atoms with Gasteiger partial charge in [0.05, 0.1) is 13.2 Å². The number of amides is 1. The predicted octanol–water partition coefficient (Wildman–Crippen LogP) is 2.16. The van der Waals surface area contributed by atoms with E-state index < -0.39 is 5.54 Å². The van der Waals surface area contributed by atoms with Crippen LogP contribution in [0.15, 0.2) is 24.3 Å². The minimum atomic E-state index is -0.896. The van der Waals surface area contributed by atoms with Gasteiger partial charge in [0.15, 0.2) is 0 Å². The lowest BCUT2D eigenvalue weighted by atomic mass is 10.1. The van der Waals surface area contributed by atoms with E-state index in [4.69, 9.17) is 4.74 Å². The Morgan fingerprint density at radius 3 is 2.38 bits per heavy atom. The van der Waals surface area contributed by atoms with Gasteiger partial charge >= 0.3 is 5.97 Å². The molecule has 1 aliphatic heterocycles. The first-order valence-corrected chi connectivity index (χ1v) is 8.49. The van der Waals surface area contributed by atoms with Crippen molar-refractivity contribution in [3.05, 3.63) is 24.3 Å². The molecule has 2 N–H and O–H groups in total. The summed E-state index contributed by atoms with van der Waals surface area (Å²) in [6.45, 7) is 7.70. The number of carbonyl (C=O) groups is 2. The van der Waals surface area contributed by atoms with Crippen molar-refractivity contribution in [2.45, 2.75) is 39.2 Å². The second kappa shape index (κ2) is 8.15. The zero-order valence-electron chi connectivity index (χ0n) is 14.7. The number of rotatable bonds is 7. The lowest BCUT2D eigenvalue weighted by molar-refractivity contribution is -0.149. The number of ether oxygens (including phenoxy) is 1. The average molecular weight is 333 g/mol. The van der Waals surface area contributed by atoms with E-state index in [1.165, 1.54) is 18.5 Å². The first kappa shape index (κ1) is 18.3. The fraction of sp³-hybridized carbons (Fsp3) is 0.556. The summed E-state index contributed by atoms with van der Waals surface area (Å²) in [7, 11) is 0. The van der Waals surface area contributed by atoms with E-state index >= 15 is 0 Å². The van der Waals surface area contributed by atoms with E-state index in [0.29, 0.717) is 6.61 Å². The molecule has 0 atom stereocenters. The van der Waals surface area contributed by atoms with Crippen LogP contribution in [0, 0.1) is 0 Å². The number of benzene rings is 1. The van der Waals surface area contributed by atoms with Crippen molar-refractivity contribution in [2.24, 2.45) is 0 Å². The van der Waals surface area contributed by atoms with Gasteiger partial charge in [0, 0.05) is 24.5 Å². The van der Waals surface area contributed by atoms with E-state index in [1.54, 1.807) is 20.8 Å². The number of hydrogen-bond acceptors (Lipinski definition) is 5. The number of nitrogens with one attached hydrogen (secondary N) is 2. The summed E-state index contributed by atoms with van der Waals surface area (Å²) >= 11 is 0. The maximum Gasteiger partial charge on any atom is 0.325 e. The van der Waals surface area contributed by atoms with Gasteiger partial charge in [-0.15, -0.1) is 0 Å². The zero-order chi connectivity index (χ0) is 17.6. The van der Waals surface area contributed by atoms with Crippen LogP contribution >= 0.6 is 0 Å². The summed E-state index contributed by atoms with van der Waals surface area (Å²) in [6.07, 6.45) is 2.47. The van der Waals surface area contributed by atoms with Gasteiger partial charge in [-0.25, -0.2) is 0 Å². The third kappa shape index (κ3) is 4.96. The van der Waals surface area contributed by atoms with Crippen LogP contribution < -0.4 is 15.5 Å². The van der Waals surface area contributed by atoms with Crippen LogP contribution in [0.3, 0.4) is 0 Å². The standard InChI is InChI=1S/C18H27N3O3/c1-4-24-17(23)18(2,3)19-13-16(22)20-14-7-9-15(10-8-14)21-11-5-6-12-21/h7-10,19H,4-6,11-13H2,1-3H3,(H,20,22). The summed E-state index contributed by atoms with van der Waals surface area (Å²) < 4.78 is 4.98. The highest BCUT2D eigenvalue weighted by Gasteiger charge is 2.29. The van der Waals surface area contributed by atoms with Crippen molar-refractivity contribution in [1.82, 2.24) is 5.32 Å². The van der Waals surface area contributed by atoms with Crippen molar-refractivity contribution in [3.63, 3.8) is 0 Å². The van der Waals surface area contributed by atoms with Gasteiger partial charge in [-0.3, -0.25) is 14.9 Å². The molecule has 24 heavy (non-hydrogen) atoms. The Balaban J connectivity index is 1.82. The van der Waals surface area contributed by atoms with Gasteiger partial charge in [0.2, 0.25) is 5.91 Å². The molecule has 1 saturated heterocycles. The quantitative estimate of drug-likeness (QED) is 0.748. The van der Waals surface area contributed by atoms with Crippen LogP contribution in [0.25, 0.3) is 0 Å². The minimum Gasteiger partial charge on any atom is -0.465 e. The molecule has 1 aromatic rings. The van der Waals surface area contributed by atoms with Gasteiger partial charge in [-0.2, -0.15) is 0 Å². The van der Waals surface area contributed by atoms with Crippen LogP contribution in [-0.4, -0.2) is 43.7 Å². The molecule has 1 aromatic carbocycles. The van der Waals surface area contributed by atoms with Crippen LogP contribution in [-0.2, 0) is 14.3 Å². The second-order valence-electron chi connectivity index (χ2n) is 6.49. The Morgan fingerprint density at radius 2 is 1.79 bits per heavy atom. The lowest BCUT2D eigenvalue weighted by Crippen LogP contribution is -2.50. The molecule has 1 fully saturated rings. The molecule has 6 heteroatoms. The maximum absolute atomic E-state index is 12.0. The van der Waals surface area contributed by atoms with Crippen molar-refractivity contribution in [3.8, 4) is 0 Å². The summed E-state index contributed by atoms with van der Waals surface area (Å²) in [5, 5.41) is 5.76. The predicted molar refractivity (Wildman–Crippen MR) is 95.2 cm³/mol. The number of anilines is 2. The number of hydrogen-bond donors (Lipinski definition) is 2. The Bertz CT molecular complexity index is 563. The summed E-state index contributed by atoms with van der Waals surface area (Å²) in [5.41, 5.74) is 1.04. The van der Waals surface area contributed by atoms with Crippen molar-refractivity contribution >= 4 is 23.3 Å². The lowest BCUT2D eigenvalue weighted by Gasteiger charge is -2.23. The molecule has 0 spiro atoms. The third-order valence-electron chi connectivity index (χ3n) is 4.10. The smallest absolute Gasteiger partial charge is 0.325 e. The average Bonchev–Trinajstić information content (AvgIpc) is 3.08. The van der Waals surface area contributed by atoms with Crippen LogP contribution in [0.5, 0.6) is 0 Å². The van der Waals surface area contributed by atoms with Gasteiger partial charge in [-0.05, 0) is 57.9 Å². The molecule has 0 unspecified atom stereocenters. The van der Waals surface area contributed by atoms with Gasteiger partial charge in [-0.1, -0.05) is 0 Å². The van der Waals surface area contributed by atoms with Crippen LogP contribution in [0.4, 0.5) is 11.4 Å². The van der Waals surface area contributed by atoms with E-state index in [-0.39, 0.29) is 18.4 Å². The summed E-state index contributed by atoms with van der Waals surface area (Å²) in [4.78, 5) is 26.2. The monoisotopic (exact) mass is 333 g/mol. The van der Waals surface area contributed by atoms with Crippen molar-refractivity contribution < 1.29 is 14.3 Å². The largest absolute Gasteiger partial charge is 0.465 e. The van der Waals surface area contributed by atoms with E-state index in [9.17, 15) is 9.59 Å². The number of carbonyl (C=O) groups excluding carboxylic acids is 2. The molecule has 1 aliphatic rings. The fourth-order valence-corrected chi connectivity index (χ4v) is 2.62. The zero-order valence-corrected chi connectivity index (χ0v) is 14.7. The Labute approximate surface area is 143 Å². The molecule has 1 amide bonds. The van der Waals surface area contributed by atoms with Crippen molar-refractivity contribution in [1.29, 1.82) is 0 Å². The molecular formula is C18H27N3O3. The molecule has 0 radical (unpaired) electrons. The molecule has 2 rings (SSSR count). The number of nitrogens with zero attached hydrogens (tertiary/aromatic N) is 1. The fourth-order valence-electron chi connectivity index (χ4n) is 2.62. The molecule has 0 aromatic heterocycles. The normalized spacial score (nSPS) is 14.5.